The van der Waals surface area contributed by atoms with Crippen LogP contribution in [0.4, 0.5) is 19.0 Å². The Balaban J connectivity index is 2.27. The first kappa shape index (κ1) is 27.0. The van der Waals surface area contributed by atoms with Crippen molar-refractivity contribution in [3.8, 4) is 0 Å². The summed E-state index contributed by atoms with van der Waals surface area (Å²) in [7, 11) is -17.5. The van der Waals surface area contributed by atoms with Crippen LogP contribution in [0.15, 0.2) is 17.1 Å². The zero-order valence-electron chi connectivity index (χ0n) is 15.2. The number of aromatic nitrogens is 2. The normalized spacial score (nSPS) is 29.4. The molecule has 16 nitrogen and oxygen atoms in total. The molecular formula is C10H15F3N3O13P3. The van der Waals surface area contributed by atoms with Crippen molar-refractivity contribution in [1.29, 1.82) is 0 Å². The zero-order valence-corrected chi connectivity index (χ0v) is 17.9. The van der Waals surface area contributed by atoms with Gasteiger partial charge in [0.05, 0.1) is 6.61 Å². The molecule has 1 aliphatic heterocycles. The minimum Gasteiger partial charge on any atom is -0.383 e. The van der Waals surface area contributed by atoms with Crippen LogP contribution < -0.4 is 11.4 Å². The number of hydrogen-bond donors (Lipinski definition) is 6. The number of aliphatic hydroxyl groups is 1. The lowest BCUT2D eigenvalue weighted by Gasteiger charge is -2.29. The van der Waals surface area contributed by atoms with Crippen LogP contribution in [0, 0.1) is 0 Å². The molecule has 3 unspecified atom stereocenters. The van der Waals surface area contributed by atoms with Crippen molar-refractivity contribution >= 4 is 29.3 Å². The average molecular weight is 535 g/mol. The van der Waals surface area contributed by atoms with Crippen LogP contribution in [-0.2, 0) is 31.6 Å². The molecule has 2 heterocycles. The van der Waals surface area contributed by atoms with Gasteiger partial charge in [-0.2, -0.15) is 22.4 Å². The van der Waals surface area contributed by atoms with Gasteiger partial charge in [0, 0.05) is 6.20 Å². The highest BCUT2D eigenvalue weighted by molar-refractivity contribution is 7.66. The van der Waals surface area contributed by atoms with E-state index in [4.69, 9.17) is 25.2 Å². The molecule has 2 rings (SSSR count). The van der Waals surface area contributed by atoms with Crippen molar-refractivity contribution in [3.63, 3.8) is 0 Å². The number of phosphoric ester groups is 1. The van der Waals surface area contributed by atoms with Crippen LogP contribution in [0.25, 0.3) is 0 Å². The highest BCUT2D eigenvalue weighted by atomic mass is 31.3. The van der Waals surface area contributed by atoms with Gasteiger partial charge in [-0.25, -0.2) is 22.9 Å². The third-order valence-corrected chi connectivity index (χ3v) is 7.54. The van der Waals surface area contributed by atoms with Crippen LogP contribution in [0.2, 0.25) is 0 Å². The van der Waals surface area contributed by atoms with Gasteiger partial charge in [-0.3, -0.25) is 9.09 Å². The highest BCUT2D eigenvalue weighted by Gasteiger charge is 2.68. The molecule has 0 amide bonds. The van der Waals surface area contributed by atoms with Gasteiger partial charge >= 0.3 is 35.1 Å². The van der Waals surface area contributed by atoms with E-state index < -0.39 is 66.3 Å². The minimum atomic E-state index is -5.95. The number of ether oxygens (including phenoxy) is 1. The first-order valence-electron chi connectivity index (χ1n) is 7.77. The minimum absolute atomic E-state index is 0.141. The van der Waals surface area contributed by atoms with E-state index in [1.54, 1.807) is 0 Å². The Bertz CT molecular complexity index is 1070. The van der Waals surface area contributed by atoms with Crippen molar-refractivity contribution in [3.05, 3.63) is 22.7 Å². The fourth-order valence-electron chi connectivity index (χ4n) is 2.45. The van der Waals surface area contributed by atoms with Crippen LogP contribution in [0.3, 0.4) is 0 Å². The SMILES string of the molecule is Nc1ccn(C2O[C@](CF)(COP(=O)(O)OP(=O)(O)OP(=O)(O)O)[C@@H](O)C2(F)F)c(=O)n1. The van der Waals surface area contributed by atoms with Crippen LogP contribution in [-0.4, -0.2) is 65.1 Å². The van der Waals surface area contributed by atoms with Gasteiger partial charge in [-0.1, -0.05) is 0 Å². The molecule has 0 aromatic carbocycles. The average Bonchev–Trinajstić information content (AvgIpc) is 2.78. The fraction of sp³-hybridized carbons (Fsp3) is 0.600. The van der Waals surface area contributed by atoms with Crippen molar-refractivity contribution < 1.29 is 69.4 Å². The molecule has 1 aromatic rings. The van der Waals surface area contributed by atoms with Crippen LogP contribution >= 0.6 is 23.5 Å². The van der Waals surface area contributed by atoms with Crippen LogP contribution in [0.1, 0.15) is 6.23 Å². The molecule has 1 aromatic heterocycles. The lowest BCUT2D eigenvalue weighted by molar-refractivity contribution is -0.147. The monoisotopic (exact) mass is 535 g/mol. The van der Waals surface area contributed by atoms with Crippen LogP contribution in [0.5, 0.6) is 0 Å². The summed E-state index contributed by atoms with van der Waals surface area (Å²) in [6, 6.07) is 0.898. The number of rotatable bonds is 9. The maximum absolute atomic E-state index is 14.6. The van der Waals surface area contributed by atoms with Crippen molar-refractivity contribution in [2.75, 3.05) is 19.0 Å². The second kappa shape index (κ2) is 8.87. The smallest absolute Gasteiger partial charge is 0.383 e. The molecule has 1 fully saturated rings. The Labute approximate surface area is 174 Å². The molecule has 22 heteroatoms. The topological polar surface area (TPSA) is 250 Å². The molecule has 7 N–H and O–H groups in total. The van der Waals surface area contributed by atoms with Crippen molar-refractivity contribution in [2.45, 2.75) is 23.9 Å². The molecule has 0 bridgehead atoms. The third kappa shape index (κ3) is 6.02. The maximum Gasteiger partial charge on any atom is 0.490 e. The first-order chi connectivity index (χ1) is 14.3. The van der Waals surface area contributed by atoms with Gasteiger partial charge in [0.2, 0.25) is 6.23 Å². The third-order valence-electron chi connectivity index (χ3n) is 3.76. The summed E-state index contributed by atoms with van der Waals surface area (Å²) in [6.07, 6.45) is -5.12. The summed E-state index contributed by atoms with van der Waals surface area (Å²) in [4.78, 5) is 50.3. The Kier molecular flexibility index (Phi) is 7.49. The van der Waals surface area contributed by atoms with Gasteiger partial charge < -0.3 is 35.2 Å². The van der Waals surface area contributed by atoms with Gasteiger partial charge in [0.15, 0.2) is 11.7 Å². The van der Waals surface area contributed by atoms with Gasteiger partial charge in [0.25, 0.3) is 0 Å². The Morgan fingerprint density at radius 3 is 2.28 bits per heavy atom. The number of nitrogens with zero attached hydrogens (tertiary/aromatic N) is 2. The van der Waals surface area contributed by atoms with Gasteiger partial charge in [-0.05, 0) is 6.07 Å². The summed E-state index contributed by atoms with van der Waals surface area (Å²) in [5, 5.41) is 9.93. The second-order valence-electron chi connectivity index (χ2n) is 6.15. The van der Waals surface area contributed by atoms with E-state index >= 15 is 0 Å². The Morgan fingerprint density at radius 2 is 1.78 bits per heavy atom. The lowest BCUT2D eigenvalue weighted by Crippen LogP contribution is -2.51. The predicted molar refractivity (Wildman–Crippen MR) is 92.5 cm³/mol. The molecule has 1 saturated heterocycles. The summed E-state index contributed by atoms with van der Waals surface area (Å²) in [6.45, 7) is -3.75. The second-order valence-corrected chi connectivity index (χ2v) is 10.6. The highest BCUT2D eigenvalue weighted by Crippen LogP contribution is 2.66. The maximum atomic E-state index is 14.6. The van der Waals surface area contributed by atoms with E-state index in [2.05, 4.69) is 18.1 Å². The van der Waals surface area contributed by atoms with Gasteiger partial charge in [-0.15, -0.1) is 0 Å². The number of alkyl halides is 3. The number of halogens is 3. The van der Waals surface area contributed by atoms with E-state index in [-0.39, 0.29) is 10.4 Å². The van der Waals surface area contributed by atoms with Crippen molar-refractivity contribution in [2.24, 2.45) is 0 Å². The molecule has 1 aliphatic rings. The standard InChI is InChI=1S/C10H15F3N3O13P3/c11-3-9(4-26-31(22,23)29-32(24,25)28-30(19,20)21)6(17)10(12,13)7(27-9)16-2-1-5(14)15-8(16)18/h1-2,6-7,17H,3-4H2,(H,22,23)(H,24,25)(H2,14,15,18)(H2,19,20,21)/t6-,7?,9-/m1/s1. The lowest BCUT2D eigenvalue weighted by atomic mass is 9.97. The van der Waals surface area contributed by atoms with E-state index in [1.165, 1.54) is 0 Å². The molecule has 0 radical (unpaired) electrons. The predicted octanol–water partition coefficient (Wildman–Crippen LogP) is -0.598. The largest absolute Gasteiger partial charge is 0.490 e. The number of phosphoric acid groups is 3. The van der Waals surface area contributed by atoms with Crippen molar-refractivity contribution in [1.82, 2.24) is 9.55 Å². The van der Waals surface area contributed by atoms with E-state index in [0.29, 0.717) is 6.20 Å². The molecule has 0 aliphatic carbocycles. The summed E-state index contributed by atoms with van der Waals surface area (Å²) < 4.78 is 92.2. The number of anilines is 1. The molecule has 5 atom stereocenters. The molecule has 184 valence electrons. The molecule has 32 heavy (non-hydrogen) atoms. The number of aliphatic hydroxyl groups excluding tert-OH is 1. The number of hydrogen-bond acceptors (Lipinski definition) is 11. The molecule has 0 saturated carbocycles. The Hall–Kier alpha value is -1.20. The molecule has 0 spiro atoms. The fourth-order valence-corrected chi connectivity index (χ4v) is 5.52. The van der Waals surface area contributed by atoms with E-state index in [0.717, 1.165) is 6.07 Å². The zero-order chi connectivity index (χ0) is 24.8. The molecular weight excluding hydrogens is 520 g/mol. The van der Waals surface area contributed by atoms with E-state index in [9.17, 15) is 41.7 Å². The van der Waals surface area contributed by atoms with Gasteiger partial charge in [0.1, 0.15) is 12.5 Å². The summed E-state index contributed by atoms with van der Waals surface area (Å²) in [5.41, 5.74) is 0.718. The Morgan fingerprint density at radius 1 is 1.19 bits per heavy atom. The summed E-state index contributed by atoms with van der Waals surface area (Å²) >= 11 is 0. The quantitative estimate of drug-likeness (QED) is 0.216. The first-order valence-corrected chi connectivity index (χ1v) is 12.3. The number of nitrogens with two attached hydrogens (primary N) is 1. The number of nitrogen functional groups attached to an aromatic ring is 1. The van der Waals surface area contributed by atoms with E-state index in [1.807, 2.05) is 0 Å². The summed E-state index contributed by atoms with van der Waals surface area (Å²) in [5.74, 6) is -4.77.